The summed E-state index contributed by atoms with van der Waals surface area (Å²) in [5, 5.41) is 3.79. The Labute approximate surface area is 125 Å². The lowest BCUT2D eigenvalue weighted by Gasteiger charge is -2.13. The van der Waals surface area contributed by atoms with Gasteiger partial charge >= 0.3 is 6.18 Å². The van der Waals surface area contributed by atoms with E-state index in [1.54, 1.807) is 0 Å². The number of nitrogens with zero attached hydrogens (tertiary/aromatic N) is 2. The third-order valence-electron chi connectivity index (χ3n) is 2.99. The van der Waals surface area contributed by atoms with Gasteiger partial charge in [0.05, 0.1) is 17.5 Å². The summed E-state index contributed by atoms with van der Waals surface area (Å²) in [6.45, 7) is 0. The summed E-state index contributed by atoms with van der Waals surface area (Å²) in [5.74, 6) is -0.478. The summed E-state index contributed by atoms with van der Waals surface area (Å²) in [6.07, 6.45) is -3.25. The van der Waals surface area contributed by atoms with E-state index in [0.29, 0.717) is 0 Å². The number of alkyl halides is 3. The number of aryl methyl sites for hydroxylation is 1. The fourth-order valence-electron chi connectivity index (χ4n) is 1.92. The summed E-state index contributed by atoms with van der Waals surface area (Å²) in [5.41, 5.74) is -0.787. The van der Waals surface area contributed by atoms with Crippen LogP contribution in [0.25, 0.3) is 11.1 Å². The van der Waals surface area contributed by atoms with E-state index in [2.05, 4.69) is 5.10 Å². The molecule has 2 rings (SSSR count). The van der Waals surface area contributed by atoms with E-state index in [1.165, 1.54) is 25.4 Å². The van der Waals surface area contributed by atoms with Crippen molar-refractivity contribution in [1.29, 1.82) is 0 Å². The van der Waals surface area contributed by atoms with Crippen molar-refractivity contribution in [2.24, 2.45) is 7.05 Å². The lowest BCUT2D eigenvalue weighted by molar-refractivity contribution is -0.137. The summed E-state index contributed by atoms with van der Waals surface area (Å²) >= 11 is -2.32. The van der Waals surface area contributed by atoms with Crippen molar-refractivity contribution in [3.63, 3.8) is 0 Å². The second-order valence-corrected chi connectivity index (χ2v) is 5.47. The Morgan fingerprint density at radius 3 is 2.55 bits per heavy atom. The SMILES string of the molecule is Cn1ncc(-c2ccc(C(F)(F)F)cc2CS(=O)O)cc1=O. The van der Waals surface area contributed by atoms with E-state index in [9.17, 15) is 22.2 Å². The molecule has 0 bridgehead atoms. The van der Waals surface area contributed by atoms with Crippen molar-refractivity contribution >= 4 is 11.1 Å². The van der Waals surface area contributed by atoms with Gasteiger partial charge in [0, 0.05) is 18.7 Å². The number of benzene rings is 1. The van der Waals surface area contributed by atoms with Crippen LogP contribution in [0.5, 0.6) is 0 Å². The zero-order chi connectivity index (χ0) is 16.5. The van der Waals surface area contributed by atoms with Crippen LogP contribution in [0.1, 0.15) is 11.1 Å². The molecule has 9 heteroatoms. The van der Waals surface area contributed by atoms with Crippen LogP contribution in [0.3, 0.4) is 0 Å². The second kappa shape index (κ2) is 6.01. The number of hydrogen-bond donors (Lipinski definition) is 1. The molecule has 0 spiro atoms. The van der Waals surface area contributed by atoms with Crippen LogP contribution in [-0.2, 0) is 30.1 Å². The molecule has 1 N–H and O–H groups in total. The molecule has 0 fully saturated rings. The minimum absolute atomic E-state index is 0.0192. The molecule has 0 amide bonds. The summed E-state index contributed by atoms with van der Waals surface area (Å²) < 4.78 is 59.3. The summed E-state index contributed by atoms with van der Waals surface area (Å²) in [4.78, 5) is 11.6. The van der Waals surface area contributed by atoms with Crippen LogP contribution in [0.4, 0.5) is 13.2 Å². The van der Waals surface area contributed by atoms with Crippen molar-refractivity contribution in [1.82, 2.24) is 9.78 Å². The van der Waals surface area contributed by atoms with Crippen LogP contribution in [0.2, 0.25) is 0 Å². The molecular formula is C13H11F3N2O3S. The first-order valence-electron chi connectivity index (χ1n) is 6.00. The van der Waals surface area contributed by atoms with E-state index < -0.39 is 34.1 Å². The van der Waals surface area contributed by atoms with E-state index in [4.69, 9.17) is 4.55 Å². The standard InChI is InChI=1S/C13H11F3N2O3S/c1-18-12(19)5-8(6-17-18)11-3-2-10(13(14,15)16)4-9(11)7-22(20)21/h2-6H,7H2,1H3,(H,20,21). The largest absolute Gasteiger partial charge is 0.416 e. The first-order chi connectivity index (χ1) is 10.2. The smallest absolute Gasteiger partial charge is 0.306 e. The van der Waals surface area contributed by atoms with Crippen molar-refractivity contribution < 1.29 is 21.9 Å². The molecule has 22 heavy (non-hydrogen) atoms. The van der Waals surface area contributed by atoms with Crippen molar-refractivity contribution in [3.05, 3.63) is 51.9 Å². The van der Waals surface area contributed by atoms with Crippen LogP contribution < -0.4 is 5.56 Å². The maximum Gasteiger partial charge on any atom is 0.416 e. The van der Waals surface area contributed by atoms with Gasteiger partial charge in [-0.3, -0.25) is 4.79 Å². The topological polar surface area (TPSA) is 72.2 Å². The van der Waals surface area contributed by atoms with E-state index in [0.717, 1.165) is 16.8 Å². The Hall–Kier alpha value is -2.00. The normalized spacial score (nSPS) is 13.1. The van der Waals surface area contributed by atoms with Gasteiger partial charge in [0.2, 0.25) is 0 Å². The maximum atomic E-state index is 12.8. The molecule has 0 aliphatic heterocycles. The number of hydrogen-bond acceptors (Lipinski definition) is 3. The Kier molecular flexibility index (Phi) is 4.47. The minimum atomic E-state index is -4.56. The predicted octanol–water partition coefficient (Wildman–Crippen LogP) is 2.19. The highest BCUT2D eigenvalue weighted by Crippen LogP contribution is 2.33. The van der Waals surface area contributed by atoms with Gasteiger partial charge in [-0.1, -0.05) is 6.07 Å². The van der Waals surface area contributed by atoms with E-state index in [-0.39, 0.29) is 16.7 Å². The molecule has 1 aromatic heterocycles. The van der Waals surface area contributed by atoms with Crippen LogP contribution in [0.15, 0.2) is 35.3 Å². The molecule has 0 radical (unpaired) electrons. The quantitative estimate of drug-likeness (QED) is 0.875. The Morgan fingerprint density at radius 1 is 1.32 bits per heavy atom. The van der Waals surface area contributed by atoms with Gasteiger partial charge in [-0.05, 0) is 23.3 Å². The molecule has 0 saturated carbocycles. The zero-order valence-corrected chi connectivity index (χ0v) is 12.1. The molecule has 5 nitrogen and oxygen atoms in total. The third-order valence-corrected chi connectivity index (χ3v) is 3.55. The van der Waals surface area contributed by atoms with Crippen molar-refractivity contribution in [2.75, 3.05) is 0 Å². The highest BCUT2D eigenvalue weighted by Gasteiger charge is 2.31. The van der Waals surface area contributed by atoms with Gasteiger partial charge in [0.1, 0.15) is 0 Å². The second-order valence-electron chi connectivity index (χ2n) is 4.54. The Bertz CT molecular complexity index is 787. The molecule has 1 aromatic carbocycles. The lowest BCUT2D eigenvalue weighted by Crippen LogP contribution is -2.18. The molecule has 0 aliphatic rings. The number of rotatable bonds is 3. The van der Waals surface area contributed by atoms with E-state index in [1.807, 2.05) is 0 Å². The number of halogens is 3. The average Bonchev–Trinajstić information content (AvgIpc) is 2.40. The maximum absolute atomic E-state index is 12.8. The highest BCUT2D eigenvalue weighted by atomic mass is 32.2. The van der Waals surface area contributed by atoms with Gasteiger partial charge in [-0.2, -0.15) is 18.3 Å². The summed E-state index contributed by atoms with van der Waals surface area (Å²) in [7, 11) is 1.43. The Balaban J connectivity index is 2.61. The van der Waals surface area contributed by atoms with E-state index >= 15 is 0 Å². The Morgan fingerprint density at radius 2 is 2.00 bits per heavy atom. The molecular weight excluding hydrogens is 321 g/mol. The zero-order valence-electron chi connectivity index (χ0n) is 11.3. The van der Waals surface area contributed by atoms with Gasteiger partial charge in [-0.25, -0.2) is 8.89 Å². The average molecular weight is 332 g/mol. The van der Waals surface area contributed by atoms with Gasteiger partial charge < -0.3 is 4.55 Å². The van der Waals surface area contributed by atoms with Crippen molar-refractivity contribution in [3.8, 4) is 11.1 Å². The minimum Gasteiger partial charge on any atom is -0.306 e. The van der Waals surface area contributed by atoms with Gasteiger partial charge in [-0.15, -0.1) is 0 Å². The van der Waals surface area contributed by atoms with Gasteiger partial charge in [0.15, 0.2) is 11.1 Å². The molecule has 0 aliphatic carbocycles. The van der Waals surface area contributed by atoms with Crippen LogP contribution >= 0.6 is 0 Å². The molecule has 0 saturated heterocycles. The molecule has 2 aromatic rings. The molecule has 1 unspecified atom stereocenters. The first-order valence-corrected chi connectivity index (χ1v) is 7.27. The predicted molar refractivity (Wildman–Crippen MR) is 74.4 cm³/mol. The van der Waals surface area contributed by atoms with Gasteiger partial charge in [0.25, 0.3) is 5.56 Å². The lowest BCUT2D eigenvalue weighted by atomic mass is 10.00. The van der Waals surface area contributed by atoms with Crippen LogP contribution in [-0.4, -0.2) is 18.5 Å². The summed E-state index contributed by atoms with van der Waals surface area (Å²) in [6, 6.07) is 4.04. The third kappa shape index (κ3) is 3.60. The first kappa shape index (κ1) is 16.4. The van der Waals surface area contributed by atoms with Crippen molar-refractivity contribution in [2.45, 2.75) is 11.9 Å². The molecule has 118 valence electrons. The molecule has 1 atom stereocenters. The monoisotopic (exact) mass is 332 g/mol. The highest BCUT2D eigenvalue weighted by molar-refractivity contribution is 7.78. The fraction of sp³-hybridized carbons (Fsp3) is 0.231. The van der Waals surface area contributed by atoms with Crippen LogP contribution in [0, 0.1) is 0 Å². The molecule has 1 heterocycles. The number of aromatic nitrogens is 2. The fourth-order valence-corrected chi connectivity index (χ4v) is 2.43.